The van der Waals surface area contributed by atoms with Gasteiger partial charge in [-0.1, -0.05) is 0 Å². The lowest BCUT2D eigenvalue weighted by atomic mass is 9.93. The lowest BCUT2D eigenvalue weighted by molar-refractivity contribution is -0.441. The number of halogens is 26. The van der Waals surface area contributed by atoms with Crippen LogP contribution >= 0.6 is 11.3 Å². The van der Waals surface area contributed by atoms with E-state index < -0.39 is 105 Å². The van der Waals surface area contributed by atoms with Gasteiger partial charge >= 0.3 is 71.6 Å². The molecule has 0 atom stereocenters. The maximum Gasteiger partial charge on any atom is 0.460 e. The molecule has 0 unspecified atom stereocenters. The van der Waals surface area contributed by atoms with Crippen molar-refractivity contribution in [1.82, 2.24) is 0 Å². The van der Waals surface area contributed by atoms with Crippen LogP contribution in [0.4, 0.5) is 114 Å². The van der Waals surface area contributed by atoms with Gasteiger partial charge in [-0.3, -0.25) is 0 Å². The minimum atomic E-state index is -8.57. The minimum Gasteiger partial charge on any atom is -0.193 e. The Hall–Kier alpha value is -2.12. The van der Waals surface area contributed by atoms with Crippen LogP contribution in [0.2, 0.25) is 0 Å². The zero-order chi connectivity index (χ0) is 35.3. The summed E-state index contributed by atoms with van der Waals surface area (Å²) in [5, 5.41) is 0. The Bertz CT molecular complexity index is 1070. The second-order valence-corrected chi connectivity index (χ2v) is 8.99. The van der Waals surface area contributed by atoms with Gasteiger partial charge in [0.1, 0.15) is 0 Å². The SMILES string of the molecule is FC(F)(F)C(F)(F)C(F)(F)C(F)(F)C(F)(F)C(F)(F)c1ccc(C(F)(F)C(F)(F)C(F)(F)C(F)(F)C(F)(F)C(F)(F)F)s1. The second kappa shape index (κ2) is 9.69. The molecule has 0 spiro atoms. The molecular weight excluding hydrogens is 718 g/mol. The molecule has 1 heterocycles. The van der Waals surface area contributed by atoms with Gasteiger partial charge < -0.3 is 0 Å². The van der Waals surface area contributed by atoms with E-state index in [1.54, 1.807) is 0 Å². The first kappa shape index (κ1) is 38.9. The van der Waals surface area contributed by atoms with Gasteiger partial charge in [0, 0.05) is 0 Å². The highest BCUT2D eigenvalue weighted by molar-refractivity contribution is 7.12. The topological polar surface area (TPSA) is 0 Å². The summed E-state index contributed by atoms with van der Waals surface area (Å²) in [6, 6.07) is -2.62. The molecule has 0 saturated carbocycles. The first-order valence-corrected chi connectivity index (χ1v) is 10.0. The largest absolute Gasteiger partial charge is 0.460 e. The highest BCUT2D eigenvalue weighted by Crippen LogP contribution is 2.65. The molecule has 0 nitrogen and oxygen atoms in total. The van der Waals surface area contributed by atoms with Crippen molar-refractivity contribution in [2.24, 2.45) is 0 Å². The van der Waals surface area contributed by atoms with Gasteiger partial charge in [-0.2, -0.15) is 114 Å². The van der Waals surface area contributed by atoms with Crippen molar-refractivity contribution in [1.29, 1.82) is 0 Å². The first-order valence-electron chi connectivity index (χ1n) is 9.23. The third-order valence-corrected chi connectivity index (χ3v) is 6.32. The molecule has 0 aliphatic rings. The Kier molecular flexibility index (Phi) is 8.77. The predicted octanol–water partition coefficient (Wildman–Crippen LogP) is 10.1. The van der Waals surface area contributed by atoms with Gasteiger partial charge in [0.15, 0.2) is 0 Å². The third kappa shape index (κ3) is 4.83. The van der Waals surface area contributed by atoms with E-state index in [1.165, 1.54) is 0 Å². The van der Waals surface area contributed by atoms with Crippen LogP contribution in [-0.2, 0) is 11.8 Å². The predicted molar refractivity (Wildman–Crippen MR) is 83.8 cm³/mol. The number of thiophene rings is 1. The second-order valence-electron chi connectivity index (χ2n) is 7.90. The number of rotatable bonds is 10. The Morgan fingerprint density at radius 2 is 0.465 bits per heavy atom. The van der Waals surface area contributed by atoms with E-state index in [-0.39, 0.29) is 0 Å². The lowest BCUT2D eigenvalue weighted by Crippen LogP contribution is -2.69. The summed E-state index contributed by atoms with van der Waals surface area (Å²) in [6.07, 6.45) is -15.8. The molecule has 0 N–H and O–H groups in total. The van der Waals surface area contributed by atoms with Crippen molar-refractivity contribution in [3.63, 3.8) is 0 Å². The molecule has 1 aromatic heterocycles. The molecule has 43 heavy (non-hydrogen) atoms. The first-order chi connectivity index (χ1) is 18.2. The molecule has 0 saturated heterocycles. The number of alkyl halides is 26. The summed E-state index contributed by atoms with van der Waals surface area (Å²) in [5.41, 5.74) is 0. The monoisotopic (exact) mass is 720 g/mol. The van der Waals surface area contributed by atoms with Gasteiger partial charge in [-0.05, 0) is 12.1 Å². The van der Waals surface area contributed by atoms with Gasteiger partial charge in [0.05, 0.1) is 9.75 Å². The van der Waals surface area contributed by atoms with Crippen LogP contribution in [0.1, 0.15) is 9.75 Å². The zero-order valence-corrected chi connectivity index (χ0v) is 19.2. The highest BCUT2D eigenvalue weighted by atomic mass is 32.1. The molecule has 27 heteroatoms. The summed E-state index contributed by atoms with van der Waals surface area (Å²) in [6.45, 7) is 0. The lowest BCUT2D eigenvalue weighted by Gasteiger charge is -2.39. The average Bonchev–Trinajstić information content (AvgIpc) is 3.28. The van der Waals surface area contributed by atoms with Crippen molar-refractivity contribution < 1.29 is 114 Å². The van der Waals surface area contributed by atoms with Crippen molar-refractivity contribution in [2.75, 3.05) is 0 Å². The Morgan fingerprint density at radius 1 is 0.279 bits per heavy atom. The van der Waals surface area contributed by atoms with Crippen LogP contribution in [0.25, 0.3) is 0 Å². The summed E-state index contributed by atoms with van der Waals surface area (Å²) < 4.78 is 342. The van der Waals surface area contributed by atoms with Gasteiger partial charge in [0.2, 0.25) is 0 Å². The van der Waals surface area contributed by atoms with E-state index in [2.05, 4.69) is 0 Å². The maximum absolute atomic E-state index is 14.0. The minimum absolute atomic E-state index is 1.31. The summed E-state index contributed by atoms with van der Waals surface area (Å²) in [5.74, 6) is -82.2. The van der Waals surface area contributed by atoms with Crippen LogP contribution in [0.5, 0.6) is 0 Å². The normalized spacial score (nSPS) is 16.6. The summed E-state index contributed by atoms with van der Waals surface area (Å²) in [4.78, 5) is -6.96. The van der Waals surface area contributed by atoms with Crippen LogP contribution in [-0.4, -0.2) is 59.7 Å². The standard InChI is InChI=1S/C16H2F26S/c17-5(18,7(21,22)9(25,26)11(29,30)13(33,34)15(37,38)39)3-1-2-4(43-3)6(19,20)8(23,24)10(27,28)12(31,32)14(35,36)16(40,41)42/h1-2H. The van der Waals surface area contributed by atoms with Crippen LogP contribution in [0.3, 0.4) is 0 Å². The van der Waals surface area contributed by atoms with Crippen molar-refractivity contribution in [3.05, 3.63) is 21.9 Å². The molecular formula is C16H2F26S. The zero-order valence-electron chi connectivity index (χ0n) is 18.4. The average molecular weight is 720 g/mol. The van der Waals surface area contributed by atoms with E-state index in [1.807, 2.05) is 0 Å². The van der Waals surface area contributed by atoms with Crippen LogP contribution < -0.4 is 0 Å². The van der Waals surface area contributed by atoms with Crippen LogP contribution in [0, 0.1) is 0 Å². The fourth-order valence-corrected chi connectivity index (χ4v) is 3.55. The fraction of sp³-hybridized carbons (Fsp3) is 0.750. The molecule has 0 aromatic carbocycles. The van der Waals surface area contributed by atoms with Crippen LogP contribution in [0.15, 0.2) is 12.1 Å². The highest BCUT2D eigenvalue weighted by Gasteiger charge is 2.92. The van der Waals surface area contributed by atoms with Gasteiger partial charge in [0.25, 0.3) is 0 Å². The van der Waals surface area contributed by atoms with E-state index in [0.29, 0.717) is 0 Å². The van der Waals surface area contributed by atoms with Crippen molar-refractivity contribution >= 4 is 11.3 Å². The van der Waals surface area contributed by atoms with E-state index in [0.717, 1.165) is 0 Å². The number of hydrogen-bond acceptors (Lipinski definition) is 1. The Morgan fingerprint density at radius 3 is 0.651 bits per heavy atom. The third-order valence-electron chi connectivity index (χ3n) is 5.09. The molecule has 0 radical (unpaired) electrons. The smallest absolute Gasteiger partial charge is 0.193 e. The molecule has 0 aliphatic heterocycles. The summed E-state index contributed by atoms with van der Waals surface area (Å²) >= 11 is -2.36. The van der Waals surface area contributed by atoms with E-state index in [9.17, 15) is 114 Å². The van der Waals surface area contributed by atoms with Crippen molar-refractivity contribution in [3.8, 4) is 0 Å². The quantitative estimate of drug-likeness (QED) is 0.211. The van der Waals surface area contributed by atoms with Crippen molar-refractivity contribution in [2.45, 2.75) is 71.6 Å². The molecule has 0 bridgehead atoms. The Balaban J connectivity index is 3.78. The number of hydrogen-bond donors (Lipinski definition) is 0. The Labute approximate surface area is 220 Å². The molecule has 0 aliphatic carbocycles. The maximum atomic E-state index is 14.0. The van der Waals surface area contributed by atoms with E-state index in [4.69, 9.17) is 0 Å². The van der Waals surface area contributed by atoms with Gasteiger partial charge in [-0.25, -0.2) is 0 Å². The molecule has 1 aromatic rings. The fourth-order valence-electron chi connectivity index (χ4n) is 2.52. The molecule has 0 amide bonds. The molecule has 0 fully saturated rings. The van der Waals surface area contributed by atoms with E-state index >= 15 is 0 Å². The molecule has 1 rings (SSSR count). The van der Waals surface area contributed by atoms with Gasteiger partial charge in [-0.15, -0.1) is 11.3 Å². The summed E-state index contributed by atoms with van der Waals surface area (Å²) in [7, 11) is 0. The molecule has 254 valence electrons.